The fraction of sp³-hybridized carbons (Fsp3) is 0.0500. The van der Waals surface area contributed by atoms with Gasteiger partial charge in [0.15, 0.2) is 0 Å². The van der Waals surface area contributed by atoms with E-state index in [1.807, 2.05) is 73.7 Å². The molecule has 4 rings (SSSR count). The number of rotatable bonds is 1. The molecule has 0 fully saturated rings. The van der Waals surface area contributed by atoms with Crippen molar-refractivity contribution >= 4 is 33.8 Å². The molecule has 1 aliphatic rings. The maximum Gasteiger partial charge on any atom is 0.0878 e. The molecule has 0 radical (unpaired) electrons. The van der Waals surface area contributed by atoms with Gasteiger partial charge in [0.2, 0.25) is 0 Å². The van der Waals surface area contributed by atoms with Crippen LogP contribution >= 0.6 is 11.6 Å². The summed E-state index contributed by atoms with van der Waals surface area (Å²) in [5.41, 5.74) is 4.52. The normalized spacial score (nSPS) is 15.9. The van der Waals surface area contributed by atoms with Crippen molar-refractivity contribution in [2.24, 2.45) is 4.99 Å². The largest absolute Gasteiger partial charge is 0.249 e. The Morgan fingerprint density at radius 1 is 0.917 bits per heavy atom. The van der Waals surface area contributed by atoms with Crippen LogP contribution in [0.2, 0.25) is 5.02 Å². The average Bonchev–Trinajstić information content (AvgIpc) is 2.71. The van der Waals surface area contributed by atoms with Crippen LogP contribution in [0.1, 0.15) is 16.7 Å². The van der Waals surface area contributed by atoms with Crippen molar-refractivity contribution in [2.75, 3.05) is 0 Å². The molecular weight excluding hydrogens is 338 g/mol. The summed E-state index contributed by atoms with van der Waals surface area (Å²) in [5.74, 6) is 0. The van der Waals surface area contributed by atoms with E-state index in [0.717, 1.165) is 37.9 Å². The molecule has 0 spiro atoms. The number of aliphatic imine (C=N–C) groups is 1. The third-order valence-electron chi connectivity index (χ3n) is 4.01. The van der Waals surface area contributed by atoms with E-state index in [-0.39, 0.29) is 0 Å². The van der Waals surface area contributed by atoms with Crippen molar-refractivity contribution < 1.29 is 4.21 Å². The molecule has 0 aliphatic carbocycles. The molecule has 0 saturated heterocycles. The van der Waals surface area contributed by atoms with Crippen molar-refractivity contribution in [1.29, 1.82) is 0 Å². The molecule has 0 N–H and O–H groups in total. The van der Waals surface area contributed by atoms with Crippen LogP contribution < -0.4 is 0 Å². The molecule has 3 aromatic carbocycles. The average molecular weight is 352 g/mol. The summed E-state index contributed by atoms with van der Waals surface area (Å²) in [5, 5.41) is 0.682. The van der Waals surface area contributed by atoms with Gasteiger partial charge >= 0.3 is 0 Å². The lowest BCUT2D eigenvalue weighted by molar-refractivity contribution is 0.683. The highest BCUT2D eigenvalue weighted by Crippen LogP contribution is 2.35. The molecule has 1 unspecified atom stereocenters. The van der Waals surface area contributed by atoms with E-state index in [1.54, 1.807) is 0 Å². The molecule has 2 nitrogen and oxygen atoms in total. The lowest BCUT2D eigenvalue weighted by Gasteiger charge is -2.09. The quantitative estimate of drug-likeness (QED) is 0.457. The van der Waals surface area contributed by atoms with E-state index < -0.39 is 10.8 Å². The van der Waals surface area contributed by atoms with Gasteiger partial charge in [-0.05, 0) is 42.8 Å². The highest BCUT2D eigenvalue weighted by atomic mass is 35.5. The predicted molar refractivity (Wildman–Crippen MR) is 99.0 cm³/mol. The zero-order valence-electron chi connectivity index (χ0n) is 13.0. The summed E-state index contributed by atoms with van der Waals surface area (Å²) >= 11 is 6.02. The van der Waals surface area contributed by atoms with Crippen LogP contribution in [0.15, 0.2) is 81.5 Å². The number of benzene rings is 3. The highest BCUT2D eigenvalue weighted by molar-refractivity contribution is 7.85. The van der Waals surface area contributed by atoms with Crippen LogP contribution in [0.25, 0.3) is 0 Å². The van der Waals surface area contributed by atoms with E-state index in [4.69, 9.17) is 16.6 Å². The maximum absolute atomic E-state index is 13.1. The first-order valence-corrected chi connectivity index (χ1v) is 9.13. The first-order chi connectivity index (χ1) is 11.6. The Kier molecular flexibility index (Phi) is 3.83. The van der Waals surface area contributed by atoms with Crippen molar-refractivity contribution in [3.05, 3.63) is 88.4 Å². The second-order valence-corrected chi connectivity index (χ2v) is 7.56. The number of nitrogens with zero attached hydrogens (tertiary/aromatic N) is 1. The first-order valence-electron chi connectivity index (χ1n) is 7.60. The molecule has 0 saturated carbocycles. The Hall–Kier alpha value is -2.23. The lowest BCUT2D eigenvalue weighted by Crippen LogP contribution is -2.05. The van der Waals surface area contributed by atoms with Gasteiger partial charge in [-0.25, -0.2) is 9.20 Å². The van der Waals surface area contributed by atoms with Gasteiger partial charge in [-0.3, -0.25) is 0 Å². The minimum absolute atomic E-state index is 0.682. The van der Waals surface area contributed by atoms with E-state index in [1.165, 1.54) is 0 Å². The van der Waals surface area contributed by atoms with Gasteiger partial charge in [0.1, 0.15) is 0 Å². The van der Waals surface area contributed by atoms with Gasteiger partial charge in [-0.2, -0.15) is 0 Å². The van der Waals surface area contributed by atoms with Crippen molar-refractivity contribution in [3.63, 3.8) is 0 Å². The van der Waals surface area contributed by atoms with Crippen LogP contribution in [0.5, 0.6) is 0 Å². The summed E-state index contributed by atoms with van der Waals surface area (Å²) in [6.07, 6.45) is 0. The molecule has 4 heteroatoms. The molecule has 118 valence electrons. The van der Waals surface area contributed by atoms with E-state index >= 15 is 0 Å². The zero-order chi connectivity index (χ0) is 16.7. The van der Waals surface area contributed by atoms with Gasteiger partial charge in [-0.15, -0.1) is 0 Å². The number of aryl methyl sites for hydroxylation is 1. The molecule has 0 bridgehead atoms. The van der Waals surface area contributed by atoms with Gasteiger partial charge in [-0.1, -0.05) is 48.0 Å². The SMILES string of the molecule is Cc1ccc2c(c1)N=C(c1ccc(Cl)cc1)c1ccccc1S2=O. The minimum Gasteiger partial charge on any atom is -0.249 e. The first kappa shape index (κ1) is 15.3. The second kappa shape index (κ2) is 6.00. The van der Waals surface area contributed by atoms with Gasteiger partial charge in [0.25, 0.3) is 0 Å². The number of hydrogen-bond donors (Lipinski definition) is 0. The smallest absolute Gasteiger partial charge is 0.0878 e. The molecule has 0 amide bonds. The van der Waals surface area contributed by atoms with Crippen LogP contribution in [0, 0.1) is 6.92 Å². The van der Waals surface area contributed by atoms with Gasteiger partial charge in [0.05, 0.1) is 32.0 Å². The molecule has 1 heterocycles. The standard InChI is InChI=1S/C20H14ClNOS/c1-13-6-11-19-17(12-13)22-20(14-7-9-15(21)10-8-14)16-4-2-3-5-18(16)24(19)23/h2-12H,1H3. The highest BCUT2D eigenvalue weighted by Gasteiger charge is 2.23. The summed E-state index contributed by atoms with van der Waals surface area (Å²) in [6, 6.07) is 21.2. The summed E-state index contributed by atoms with van der Waals surface area (Å²) in [7, 11) is -1.26. The van der Waals surface area contributed by atoms with Gasteiger partial charge < -0.3 is 0 Å². The fourth-order valence-corrected chi connectivity index (χ4v) is 4.24. The Morgan fingerprint density at radius 3 is 2.46 bits per heavy atom. The zero-order valence-corrected chi connectivity index (χ0v) is 14.6. The van der Waals surface area contributed by atoms with E-state index in [2.05, 4.69) is 0 Å². The van der Waals surface area contributed by atoms with Crippen LogP contribution in [0.3, 0.4) is 0 Å². The maximum atomic E-state index is 13.1. The summed E-state index contributed by atoms with van der Waals surface area (Å²) in [6.45, 7) is 2.01. The Labute approximate surface area is 148 Å². The molecular formula is C20H14ClNOS. The minimum atomic E-state index is -1.26. The third kappa shape index (κ3) is 2.60. The predicted octanol–water partition coefficient (Wildman–Crippen LogP) is 5.30. The molecule has 1 atom stereocenters. The number of hydrogen-bond acceptors (Lipinski definition) is 2. The number of halogens is 1. The van der Waals surface area contributed by atoms with Crippen LogP contribution in [-0.4, -0.2) is 9.92 Å². The fourth-order valence-electron chi connectivity index (χ4n) is 2.82. The molecule has 1 aliphatic heterocycles. The van der Waals surface area contributed by atoms with Crippen LogP contribution in [0.4, 0.5) is 5.69 Å². The summed E-state index contributed by atoms with van der Waals surface area (Å²) < 4.78 is 13.1. The molecule has 0 aromatic heterocycles. The van der Waals surface area contributed by atoms with Crippen molar-refractivity contribution in [2.45, 2.75) is 16.7 Å². The van der Waals surface area contributed by atoms with E-state index in [0.29, 0.717) is 5.02 Å². The van der Waals surface area contributed by atoms with Gasteiger partial charge in [0, 0.05) is 16.1 Å². The van der Waals surface area contributed by atoms with Crippen molar-refractivity contribution in [3.8, 4) is 0 Å². The topological polar surface area (TPSA) is 29.4 Å². The lowest BCUT2D eigenvalue weighted by atomic mass is 10.0. The van der Waals surface area contributed by atoms with Crippen LogP contribution in [-0.2, 0) is 10.8 Å². The third-order valence-corrected chi connectivity index (χ3v) is 5.76. The second-order valence-electron chi connectivity index (χ2n) is 5.70. The Balaban J connectivity index is 2.04. The van der Waals surface area contributed by atoms with E-state index in [9.17, 15) is 4.21 Å². The summed E-state index contributed by atoms with van der Waals surface area (Å²) in [4.78, 5) is 6.41. The Bertz CT molecular complexity index is 993. The Morgan fingerprint density at radius 2 is 1.67 bits per heavy atom. The molecule has 24 heavy (non-hydrogen) atoms. The molecule has 3 aromatic rings. The monoisotopic (exact) mass is 351 g/mol. The number of fused-ring (bicyclic) bond motifs is 2. The van der Waals surface area contributed by atoms with Crippen molar-refractivity contribution in [1.82, 2.24) is 0 Å².